The molecule has 1 atom stereocenters. The molecule has 112 valence electrons. The van der Waals surface area contributed by atoms with E-state index in [9.17, 15) is 8.42 Å². The Morgan fingerprint density at radius 1 is 1.14 bits per heavy atom. The zero-order valence-corrected chi connectivity index (χ0v) is 13.0. The summed E-state index contributed by atoms with van der Waals surface area (Å²) in [6.45, 7) is 4.19. The maximum atomic E-state index is 12.3. The number of hydrogen-bond acceptors (Lipinski definition) is 3. The van der Waals surface area contributed by atoms with Gasteiger partial charge in [0.1, 0.15) is 4.90 Å². The molecule has 0 aliphatic heterocycles. The first kappa shape index (κ1) is 15.5. The lowest BCUT2D eigenvalue weighted by molar-refractivity contribution is 0.575. The lowest BCUT2D eigenvalue weighted by Crippen LogP contribution is -2.28. The van der Waals surface area contributed by atoms with Crippen LogP contribution in [0, 0.1) is 6.92 Å². The molecule has 0 bridgehead atoms. The summed E-state index contributed by atoms with van der Waals surface area (Å²) in [5, 5.41) is 0. The normalized spacial score (nSPS) is 13.0. The molecule has 3 N–H and O–H groups in total. The van der Waals surface area contributed by atoms with Gasteiger partial charge in [0.05, 0.1) is 5.69 Å². The van der Waals surface area contributed by atoms with Gasteiger partial charge in [0.15, 0.2) is 0 Å². The number of aryl methyl sites for hydroxylation is 1. The summed E-state index contributed by atoms with van der Waals surface area (Å²) in [5.74, 6) is 0.0904. The van der Waals surface area contributed by atoms with Crippen molar-refractivity contribution in [2.75, 3.05) is 12.3 Å². The van der Waals surface area contributed by atoms with E-state index in [4.69, 9.17) is 5.73 Å². The van der Waals surface area contributed by atoms with Crippen molar-refractivity contribution in [2.24, 2.45) is 0 Å². The Morgan fingerprint density at radius 2 is 1.81 bits per heavy atom. The number of nitrogen functional groups attached to an aromatic ring is 1. The third-order valence-corrected chi connectivity index (χ3v) is 4.90. The monoisotopic (exact) mass is 304 g/mol. The minimum atomic E-state index is -3.59. The van der Waals surface area contributed by atoms with Crippen molar-refractivity contribution in [3.8, 4) is 0 Å². The van der Waals surface area contributed by atoms with E-state index in [1.807, 2.05) is 44.2 Å². The molecule has 0 heterocycles. The van der Waals surface area contributed by atoms with Crippen molar-refractivity contribution in [3.05, 3.63) is 59.7 Å². The largest absolute Gasteiger partial charge is 0.398 e. The molecule has 0 aliphatic rings. The summed E-state index contributed by atoms with van der Waals surface area (Å²) in [5.41, 5.74) is 8.11. The van der Waals surface area contributed by atoms with Crippen molar-refractivity contribution in [3.63, 3.8) is 0 Å². The highest BCUT2D eigenvalue weighted by Crippen LogP contribution is 2.20. The number of hydrogen-bond donors (Lipinski definition) is 2. The third-order valence-electron chi connectivity index (χ3n) is 3.40. The van der Waals surface area contributed by atoms with Crippen LogP contribution in [0.5, 0.6) is 0 Å². The van der Waals surface area contributed by atoms with E-state index in [2.05, 4.69) is 4.72 Å². The van der Waals surface area contributed by atoms with Crippen molar-refractivity contribution < 1.29 is 8.42 Å². The molecule has 0 saturated carbocycles. The van der Waals surface area contributed by atoms with Crippen LogP contribution in [0.3, 0.4) is 0 Å². The zero-order valence-electron chi connectivity index (χ0n) is 12.2. The third kappa shape index (κ3) is 3.83. The highest BCUT2D eigenvalue weighted by Gasteiger charge is 2.18. The zero-order chi connectivity index (χ0) is 15.5. The molecule has 0 aromatic heterocycles. The minimum absolute atomic E-state index is 0.0904. The van der Waals surface area contributed by atoms with E-state index in [1.165, 1.54) is 0 Å². The van der Waals surface area contributed by atoms with Crippen LogP contribution >= 0.6 is 0 Å². The van der Waals surface area contributed by atoms with Gasteiger partial charge in [-0.05, 0) is 36.1 Å². The fourth-order valence-electron chi connectivity index (χ4n) is 2.12. The Kier molecular flexibility index (Phi) is 4.65. The Bertz CT molecular complexity index is 712. The number of sulfonamides is 1. The van der Waals surface area contributed by atoms with E-state index in [0.717, 1.165) is 11.1 Å². The van der Waals surface area contributed by atoms with Crippen molar-refractivity contribution in [1.29, 1.82) is 0 Å². The van der Waals surface area contributed by atoms with E-state index in [1.54, 1.807) is 18.2 Å². The molecule has 4 nitrogen and oxygen atoms in total. The van der Waals surface area contributed by atoms with Crippen LogP contribution in [0.1, 0.15) is 24.0 Å². The van der Waals surface area contributed by atoms with E-state index in [-0.39, 0.29) is 16.5 Å². The van der Waals surface area contributed by atoms with Crippen LogP contribution < -0.4 is 10.5 Å². The van der Waals surface area contributed by atoms with Gasteiger partial charge in [-0.15, -0.1) is 0 Å². The minimum Gasteiger partial charge on any atom is -0.398 e. The lowest BCUT2D eigenvalue weighted by atomic mass is 10.0. The van der Waals surface area contributed by atoms with Crippen LogP contribution in [0.25, 0.3) is 0 Å². The highest BCUT2D eigenvalue weighted by molar-refractivity contribution is 7.89. The van der Waals surface area contributed by atoms with Gasteiger partial charge in [0.2, 0.25) is 10.0 Å². The van der Waals surface area contributed by atoms with Gasteiger partial charge in [-0.25, -0.2) is 13.1 Å². The molecule has 5 heteroatoms. The molecule has 0 spiro atoms. The molecule has 0 saturated heterocycles. The Morgan fingerprint density at radius 3 is 2.43 bits per heavy atom. The molecule has 0 aliphatic carbocycles. The topological polar surface area (TPSA) is 72.2 Å². The summed E-state index contributed by atoms with van der Waals surface area (Å²) in [4.78, 5) is 0.133. The number of nitrogens with one attached hydrogen (secondary N) is 1. The molecule has 2 aromatic rings. The molecular formula is C16H20N2O2S. The van der Waals surface area contributed by atoms with Gasteiger partial charge in [-0.1, -0.05) is 43.3 Å². The van der Waals surface area contributed by atoms with E-state index >= 15 is 0 Å². The smallest absolute Gasteiger partial charge is 0.242 e. The van der Waals surface area contributed by atoms with Crippen LogP contribution in [0.2, 0.25) is 0 Å². The Labute approximate surface area is 126 Å². The Balaban J connectivity index is 2.11. The standard InChI is InChI=1S/C16H20N2O2S/c1-12-8-9-16(15(17)10-12)21(19,20)18-11-13(2)14-6-4-3-5-7-14/h3-10,13,18H,11,17H2,1-2H3. The lowest BCUT2D eigenvalue weighted by Gasteiger charge is -2.14. The maximum Gasteiger partial charge on any atom is 0.242 e. The number of nitrogens with two attached hydrogens (primary N) is 1. The van der Waals surface area contributed by atoms with Crippen LogP contribution in [0.4, 0.5) is 5.69 Å². The summed E-state index contributed by atoms with van der Waals surface area (Å²) < 4.78 is 27.2. The van der Waals surface area contributed by atoms with Gasteiger partial charge in [-0.2, -0.15) is 0 Å². The molecule has 0 amide bonds. The predicted molar refractivity (Wildman–Crippen MR) is 85.6 cm³/mol. The average Bonchev–Trinajstić information content (AvgIpc) is 2.45. The molecule has 21 heavy (non-hydrogen) atoms. The fourth-order valence-corrected chi connectivity index (χ4v) is 3.37. The first-order valence-electron chi connectivity index (χ1n) is 6.81. The quantitative estimate of drug-likeness (QED) is 0.834. The second-order valence-corrected chi connectivity index (χ2v) is 6.94. The van der Waals surface area contributed by atoms with Crippen LogP contribution in [-0.2, 0) is 10.0 Å². The molecule has 0 radical (unpaired) electrons. The summed E-state index contributed by atoms with van der Waals surface area (Å²) in [6.07, 6.45) is 0. The summed E-state index contributed by atoms with van der Waals surface area (Å²) in [6, 6.07) is 14.7. The van der Waals surface area contributed by atoms with Gasteiger partial charge in [0, 0.05) is 6.54 Å². The van der Waals surface area contributed by atoms with Crippen molar-refractivity contribution in [1.82, 2.24) is 4.72 Å². The predicted octanol–water partition coefficient (Wildman–Crippen LogP) is 2.66. The molecule has 0 fully saturated rings. The van der Waals surface area contributed by atoms with Crippen molar-refractivity contribution >= 4 is 15.7 Å². The molecule has 2 aromatic carbocycles. The Hall–Kier alpha value is -1.85. The van der Waals surface area contributed by atoms with Crippen LogP contribution in [0.15, 0.2) is 53.4 Å². The summed E-state index contributed by atoms with van der Waals surface area (Å²) in [7, 11) is -3.59. The second kappa shape index (κ2) is 6.28. The van der Waals surface area contributed by atoms with Crippen molar-refractivity contribution in [2.45, 2.75) is 24.7 Å². The summed E-state index contributed by atoms with van der Waals surface area (Å²) >= 11 is 0. The van der Waals surface area contributed by atoms with E-state index in [0.29, 0.717) is 6.54 Å². The van der Waals surface area contributed by atoms with Crippen LogP contribution in [-0.4, -0.2) is 15.0 Å². The molecule has 2 rings (SSSR count). The SMILES string of the molecule is Cc1ccc(S(=O)(=O)NCC(C)c2ccccc2)c(N)c1. The fraction of sp³-hybridized carbons (Fsp3) is 0.250. The first-order chi connectivity index (χ1) is 9.90. The van der Waals surface area contributed by atoms with E-state index < -0.39 is 10.0 Å². The number of rotatable bonds is 5. The number of anilines is 1. The van der Waals surface area contributed by atoms with Gasteiger partial charge in [-0.3, -0.25) is 0 Å². The molecular weight excluding hydrogens is 284 g/mol. The maximum absolute atomic E-state index is 12.3. The number of benzene rings is 2. The molecule has 1 unspecified atom stereocenters. The highest BCUT2D eigenvalue weighted by atomic mass is 32.2. The average molecular weight is 304 g/mol. The second-order valence-electron chi connectivity index (χ2n) is 5.20. The first-order valence-corrected chi connectivity index (χ1v) is 8.29. The van der Waals surface area contributed by atoms with Gasteiger partial charge < -0.3 is 5.73 Å². The van der Waals surface area contributed by atoms with Gasteiger partial charge in [0.25, 0.3) is 0 Å². The van der Waals surface area contributed by atoms with Gasteiger partial charge >= 0.3 is 0 Å².